The summed E-state index contributed by atoms with van der Waals surface area (Å²) in [6, 6.07) is 1.77. The highest BCUT2D eigenvalue weighted by atomic mass is 32.1. The Balaban J connectivity index is 1.75. The number of rotatable bonds is 6. The van der Waals surface area contributed by atoms with Crippen LogP contribution in [0.2, 0.25) is 0 Å². The van der Waals surface area contributed by atoms with Crippen molar-refractivity contribution in [3.8, 4) is 0 Å². The lowest BCUT2D eigenvalue weighted by molar-refractivity contribution is -0.123. The monoisotopic (exact) mass is 418 g/mol. The van der Waals surface area contributed by atoms with Crippen LogP contribution in [0.5, 0.6) is 0 Å². The third-order valence-electron chi connectivity index (χ3n) is 4.73. The van der Waals surface area contributed by atoms with E-state index in [2.05, 4.69) is 15.7 Å². The molecule has 8 nitrogen and oxygen atoms in total. The number of aryl methyl sites for hydroxylation is 1. The molecule has 29 heavy (non-hydrogen) atoms. The molecule has 2 amide bonds. The lowest BCUT2D eigenvalue weighted by Crippen LogP contribution is -2.31. The first kappa shape index (κ1) is 21.0. The first-order valence-electron chi connectivity index (χ1n) is 9.75. The summed E-state index contributed by atoms with van der Waals surface area (Å²) in [5.41, 5.74) is 1.31. The van der Waals surface area contributed by atoms with Crippen molar-refractivity contribution in [3.05, 3.63) is 28.3 Å². The van der Waals surface area contributed by atoms with E-state index in [1.165, 1.54) is 25.2 Å². The van der Waals surface area contributed by atoms with E-state index in [1.807, 2.05) is 13.8 Å². The molecule has 0 fully saturated rings. The molecule has 2 heterocycles. The quantitative estimate of drug-likeness (QED) is 0.699. The van der Waals surface area contributed by atoms with Crippen LogP contribution < -0.4 is 10.6 Å². The first-order valence-corrected chi connectivity index (χ1v) is 10.6. The Morgan fingerprint density at radius 1 is 1.17 bits per heavy atom. The van der Waals surface area contributed by atoms with Gasteiger partial charge in [-0.15, -0.1) is 11.3 Å². The third kappa shape index (κ3) is 4.67. The van der Waals surface area contributed by atoms with Gasteiger partial charge in [-0.3, -0.25) is 9.59 Å². The van der Waals surface area contributed by atoms with E-state index in [0.29, 0.717) is 16.4 Å². The SMILES string of the molecule is CC(=O)Nc1sc2c(c1C(=O)O[C@@H](C)C(=O)Nc1ccnn1C(C)C)CCCC2. The van der Waals surface area contributed by atoms with Gasteiger partial charge in [0.15, 0.2) is 6.10 Å². The van der Waals surface area contributed by atoms with Crippen molar-refractivity contribution in [2.24, 2.45) is 0 Å². The van der Waals surface area contributed by atoms with Crippen molar-refractivity contribution in [3.63, 3.8) is 0 Å². The van der Waals surface area contributed by atoms with Gasteiger partial charge in [0.25, 0.3) is 5.91 Å². The number of anilines is 2. The molecule has 0 radical (unpaired) electrons. The predicted octanol–water partition coefficient (Wildman–Crippen LogP) is 3.55. The highest BCUT2D eigenvalue weighted by Gasteiger charge is 2.29. The zero-order chi connectivity index (χ0) is 21.1. The van der Waals surface area contributed by atoms with Gasteiger partial charge in [0.2, 0.25) is 5.91 Å². The molecule has 2 aromatic rings. The standard InChI is InChI=1S/C20H26N4O4S/c1-11(2)24-16(9-10-21-24)23-18(26)12(3)28-20(27)17-14-7-5-6-8-15(14)29-19(17)22-13(4)25/h9-12H,5-8H2,1-4H3,(H,22,25)(H,23,26)/t12-/m0/s1. The van der Waals surface area contributed by atoms with Crippen LogP contribution in [0.15, 0.2) is 12.3 Å². The molecule has 9 heteroatoms. The summed E-state index contributed by atoms with van der Waals surface area (Å²) in [5, 5.41) is 10.2. The lowest BCUT2D eigenvalue weighted by atomic mass is 9.95. The highest BCUT2D eigenvalue weighted by molar-refractivity contribution is 7.17. The topological polar surface area (TPSA) is 102 Å². The second-order valence-corrected chi connectivity index (χ2v) is 8.49. The van der Waals surface area contributed by atoms with Gasteiger partial charge in [0, 0.05) is 23.9 Å². The molecular formula is C20H26N4O4S. The van der Waals surface area contributed by atoms with Crippen LogP contribution in [-0.2, 0) is 27.2 Å². The summed E-state index contributed by atoms with van der Waals surface area (Å²) in [4.78, 5) is 38.1. The molecular weight excluding hydrogens is 392 g/mol. The highest BCUT2D eigenvalue weighted by Crippen LogP contribution is 2.38. The maximum atomic E-state index is 12.9. The van der Waals surface area contributed by atoms with E-state index >= 15 is 0 Å². The Morgan fingerprint density at radius 2 is 1.90 bits per heavy atom. The molecule has 0 spiro atoms. The van der Waals surface area contributed by atoms with Gasteiger partial charge in [0.1, 0.15) is 10.8 Å². The molecule has 1 aliphatic rings. The van der Waals surface area contributed by atoms with Crippen LogP contribution in [0.3, 0.4) is 0 Å². The Hall–Kier alpha value is -2.68. The summed E-state index contributed by atoms with van der Waals surface area (Å²) in [5.74, 6) is -0.732. The number of hydrogen-bond acceptors (Lipinski definition) is 6. The molecule has 1 aliphatic carbocycles. The van der Waals surface area contributed by atoms with E-state index in [-0.39, 0.29) is 11.9 Å². The number of esters is 1. The smallest absolute Gasteiger partial charge is 0.342 e. The minimum Gasteiger partial charge on any atom is -0.449 e. The molecule has 0 saturated heterocycles. The Morgan fingerprint density at radius 3 is 2.59 bits per heavy atom. The van der Waals surface area contributed by atoms with Crippen molar-refractivity contribution in [2.45, 2.75) is 65.5 Å². The van der Waals surface area contributed by atoms with Crippen molar-refractivity contribution < 1.29 is 19.1 Å². The van der Waals surface area contributed by atoms with Gasteiger partial charge >= 0.3 is 5.97 Å². The maximum Gasteiger partial charge on any atom is 0.342 e. The minimum atomic E-state index is -0.998. The molecule has 0 aromatic carbocycles. The third-order valence-corrected chi connectivity index (χ3v) is 5.94. The average Bonchev–Trinajstić information content (AvgIpc) is 3.24. The number of aromatic nitrogens is 2. The molecule has 1 atom stereocenters. The predicted molar refractivity (Wildman–Crippen MR) is 111 cm³/mol. The van der Waals surface area contributed by atoms with Crippen molar-refractivity contribution in [2.75, 3.05) is 10.6 Å². The van der Waals surface area contributed by atoms with Gasteiger partial charge in [-0.05, 0) is 52.0 Å². The van der Waals surface area contributed by atoms with Gasteiger partial charge in [-0.1, -0.05) is 0 Å². The van der Waals surface area contributed by atoms with Crippen LogP contribution in [0, 0.1) is 0 Å². The first-order chi connectivity index (χ1) is 13.8. The molecule has 156 valence electrons. The second-order valence-electron chi connectivity index (χ2n) is 7.39. The maximum absolute atomic E-state index is 12.9. The van der Waals surface area contributed by atoms with Crippen LogP contribution in [0.1, 0.15) is 67.4 Å². The summed E-state index contributed by atoms with van der Waals surface area (Å²) >= 11 is 1.42. The number of thiophene rings is 1. The molecule has 2 N–H and O–H groups in total. The number of ether oxygens (including phenoxy) is 1. The summed E-state index contributed by atoms with van der Waals surface area (Å²) in [6.07, 6.45) is 4.30. The fraction of sp³-hybridized carbons (Fsp3) is 0.500. The lowest BCUT2D eigenvalue weighted by Gasteiger charge is -2.17. The largest absolute Gasteiger partial charge is 0.449 e. The molecule has 0 bridgehead atoms. The fourth-order valence-corrected chi connectivity index (χ4v) is 4.68. The average molecular weight is 419 g/mol. The van der Waals surface area contributed by atoms with E-state index < -0.39 is 18.0 Å². The number of nitrogens with zero attached hydrogens (tertiary/aromatic N) is 2. The second kappa shape index (κ2) is 8.77. The van der Waals surface area contributed by atoms with Crippen molar-refractivity contribution in [1.29, 1.82) is 0 Å². The van der Waals surface area contributed by atoms with E-state index in [0.717, 1.165) is 36.1 Å². The van der Waals surface area contributed by atoms with Crippen LogP contribution in [0.25, 0.3) is 0 Å². The molecule has 0 saturated carbocycles. The summed E-state index contributed by atoms with van der Waals surface area (Å²) in [6.45, 7) is 6.84. The molecule has 0 aliphatic heterocycles. The summed E-state index contributed by atoms with van der Waals surface area (Å²) < 4.78 is 7.15. The Labute approximate surface area is 173 Å². The number of hydrogen-bond donors (Lipinski definition) is 2. The Bertz CT molecular complexity index is 931. The summed E-state index contributed by atoms with van der Waals surface area (Å²) in [7, 11) is 0. The number of amides is 2. The van der Waals surface area contributed by atoms with Crippen LogP contribution in [-0.4, -0.2) is 33.7 Å². The Kier molecular flexibility index (Phi) is 6.36. The minimum absolute atomic E-state index is 0.0794. The van der Waals surface area contributed by atoms with Crippen molar-refractivity contribution >= 4 is 39.9 Å². The van der Waals surface area contributed by atoms with Gasteiger partial charge in [-0.25, -0.2) is 9.48 Å². The van der Waals surface area contributed by atoms with E-state index in [4.69, 9.17) is 4.74 Å². The number of carbonyl (C=O) groups is 3. The zero-order valence-electron chi connectivity index (χ0n) is 17.1. The van der Waals surface area contributed by atoms with E-state index in [1.54, 1.807) is 16.9 Å². The molecule has 2 aromatic heterocycles. The van der Waals surface area contributed by atoms with Crippen LogP contribution >= 0.6 is 11.3 Å². The molecule has 3 rings (SSSR count). The molecule has 0 unspecified atom stereocenters. The van der Waals surface area contributed by atoms with Gasteiger partial charge < -0.3 is 15.4 Å². The number of carbonyl (C=O) groups excluding carboxylic acids is 3. The van der Waals surface area contributed by atoms with Gasteiger partial charge in [-0.2, -0.15) is 5.10 Å². The number of nitrogens with one attached hydrogen (secondary N) is 2. The van der Waals surface area contributed by atoms with Crippen LogP contribution in [0.4, 0.5) is 10.8 Å². The normalized spacial score (nSPS) is 14.2. The zero-order valence-corrected chi connectivity index (χ0v) is 17.9. The van der Waals surface area contributed by atoms with Crippen molar-refractivity contribution in [1.82, 2.24) is 9.78 Å². The van der Waals surface area contributed by atoms with E-state index in [9.17, 15) is 14.4 Å². The van der Waals surface area contributed by atoms with Gasteiger partial charge in [0.05, 0.1) is 11.8 Å². The number of fused-ring (bicyclic) bond motifs is 1. The fourth-order valence-electron chi connectivity index (χ4n) is 3.36.